The van der Waals surface area contributed by atoms with Crippen molar-refractivity contribution in [3.05, 3.63) is 64.1 Å². The van der Waals surface area contributed by atoms with E-state index in [0.29, 0.717) is 37.5 Å². The quantitative estimate of drug-likeness (QED) is 0.829. The van der Waals surface area contributed by atoms with Gasteiger partial charge in [0.15, 0.2) is 0 Å². The molecule has 0 aliphatic carbocycles. The molecular formula is C21H23N3O4. The highest BCUT2D eigenvalue weighted by Crippen LogP contribution is 2.35. The van der Waals surface area contributed by atoms with Crippen LogP contribution < -0.4 is 10.9 Å². The second-order valence-corrected chi connectivity index (χ2v) is 7.33. The molecule has 28 heavy (non-hydrogen) atoms. The summed E-state index contributed by atoms with van der Waals surface area (Å²) in [6.45, 7) is 3.96. The molecule has 7 nitrogen and oxygen atoms in total. The maximum atomic E-state index is 12.8. The Hall–Kier alpha value is -3.09. The van der Waals surface area contributed by atoms with Gasteiger partial charge in [0.05, 0.1) is 12.2 Å². The Morgan fingerprint density at radius 2 is 1.89 bits per heavy atom. The number of esters is 1. The van der Waals surface area contributed by atoms with Crippen LogP contribution in [0.25, 0.3) is 0 Å². The van der Waals surface area contributed by atoms with Crippen LogP contribution in [0.5, 0.6) is 0 Å². The molecule has 4 rings (SSSR count). The maximum absolute atomic E-state index is 12.8. The van der Waals surface area contributed by atoms with Crippen molar-refractivity contribution in [1.82, 2.24) is 9.47 Å². The van der Waals surface area contributed by atoms with Crippen molar-refractivity contribution in [3.8, 4) is 0 Å². The third kappa shape index (κ3) is 3.52. The van der Waals surface area contributed by atoms with Gasteiger partial charge in [0, 0.05) is 43.0 Å². The molecule has 2 amide bonds. The van der Waals surface area contributed by atoms with Gasteiger partial charge in [-0.3, -0.25) is 4.79 Å². The van der Waals surface area contributed by atoms with Gasteiger partial charge in [-0.25, -0.2) is 9.59 Å². The monoisotopic (exact) mass is 381 g/mol. The number of aromatic nitrogens is 1. The number of carbonyl (C=O) groups is 2. The predicted octanol–water partition coefficient (Wildman–Crippen LogP) is 2.68. The number of benzene rings is 1. The van der Waals surface area contributed by atoms with Crippen molar-refractivity contribution in [2.24, 2.45) is 5.92 Å². The molecule has 2 bridgehead atoms. The summed E-state index contributed by atoms with van der Waals surface area (Å²) in [6, 6.07) is 11.9. The van der Waals surface area contributed by atoms with E-state index in [0.717, 1.165) is 12.1 Å². The number of urea groups is 1. The van der Waals surface area contributed by atoms with E-state index in [2.05, 4.69) is 5.32 Å². The van der Waals surface area contributed by atoms with Gasteiger partial charge in [-0.15, -0.1) is 0 Å². The lowest BCUT2D eigenvalue weighted by Crippen LogP contribution is -2.50. The number of carbonyl (C=O) groups excluding carboxylic acids is 2. The molecule has 2 aliphatic heterocycles. The van der Waals surface area contributed by atoms with Crippen LogP contribution in [0.2, 0.25) is 0 Å². The number of hydrogen-bond donors (Lipinski definition) is 1. The second kappa shape index (κ2) is 7.50. The number of ether oxygens (including phenoxy) is 1. The molecule has 0 radical (unpaired) electrons. The van der Waals surface area contributed by atoms with E-state index in [4.69, 9.17) is 4.74 Å². The van der Waals surface area contributed by atoms with E-state index in [1.54, 1.807) is 43.3 Å². The lowest BCUT2D eigenvalue weighted by atomic mass is 9.83. The average Bonchev–Trinajstić information content (AvgIpc) is 2.69. The van der Waals surface area contributed by atoms with Gasteiger partial charge in [-0.05, 0) is 49.6 Å². The minimum absolute atomic E-state index is 0.0341. The first-order chi connectivity index (χ1) is 13.5. The molecule has 1 fully saturated rings. The molecule has 0 unspecified atom stereocenters. The van der Waals surface area contributed by atoms with E-state index < -0.39 is 0 Å². The zero-order valence-corrected chi connectivity index (χ0v) is 15.8. The summed E-state index contributed by atoms with van der Waals surface area (Å²) in [7, 11) is 0. The Balaban J connectivity index is 1.44. The number of anilines is 1. The van der Waals surface area contributed by atoms with Crippen molar-refractivity contribution in [2.45, 2.75) is 25.8 Å². The Bertz CT molecular complexity index is 951. The summed E-state index contributed by atoms with van der Waals surface area (Å²) in [5.74, 6) is 0.0831. The second-order valence-electron chi connectivity index (χ2n) is 7.33. The van der Waals surface area contributed by atoms with Crippen molar-refractivity contribution < 1.29 is 14.3 Å². The lowest BCUT2D eigenvalue weighted by Gasteiger charge is -2.42. The zero-order valence-electron chi connectivity index (χ0n) is 15.8. The molecule has 1 aromatic carbocycles. The molecule has 1 saturated heterocycles. The van der Waals surface area contributed by atoms with Crippen molar-refractivity contribution in [3.63, 3.8) is 0 Å². The molecule has 1 aromatic heterocycles. The van der Waals surface area contributed by atoms with Crippen molar-refractivity contribution in [1.29, 1.82) is 0 Å². The number of rotatable bonds is 3. The van der Waals surface area contributed by atoms with E-state index in [-0.39, 0.29) is 29.4 Å². The van der Waals surface area contributed by atoms with Crippen LogP contribution in [0.15, 0.2) is 47.3 Å². The van der Waals surface area contributed by atoms with Gasteiger partial charge in [-0.1, -0.05) is 6.07 Å². The fraction of sp³-hybridized carbons (Fsp3) is 0.381. The first kappa shape index (κ1) is 18.3. The maximum Gasteiger partial charge on any atom is 0.338 e. The van der Waals surface area contributed by atoms with Gasteiger partial charge < -0.3 is 19.5 Å². The SMILES string of the molecule is CCOC(=O)c1ccc(NC(=O)N2C[C@H]3C[C@@H](C2)c2cccc(=O)n2C3)cc1. The number of nitrogens with zero attached hydrogens (tertiary/aromatic N) is 2. The van der Waals surface area contributed by atoms with Gasteiger partial charge in [0.25, 0.3) is 5.56 Å². The Labute approximate surface area is 162 Å². The summed E-state index contributed by atoms with van der Waals surface area (Å²) in [5, 5.41) is 2.90. The number of likely N-dealkylation sites (tertiary alicyclic amines) is 1. The standard InChI is InChI=1S/C21H23N3O4/c1-2-28-20(26)15-6-8-17(9-7-15)22-21(27)23-11-14-10-16(13-23)18-4-3-5-19(25)24(18)12-14/h3-9,14,16H,2,10-13H2,1H3,(H,22,27)/t14-,16+/m1/s1. The van der Waals surface area contributed by atoms with E-state index in [1.807, 2.05) is 15.5 Å². The molecule has 2 atom stereocenters. The first-order valence-corrected chi connectivity index (χ1v) is 9.58. The molecule has 2 aliphatic rings. The number of nitrogens with one attached hydrogen (secondary N) is 1. The van der Waals surface area contributed by atoms with Gasteiger partial charge in [-0.2, -0.15) is 0 Å². The van der Waals surface area contributed by atoms with Crippen LogP contribution in [-0.2, 0) is 11.3 Å². The lowest BCUT2D eigenvalue weighted by molar-refractivity contribution is 0.0526. The Morgan fingerprint density at radius 3 is 2.64 bits per heavy atom. The van der Waals surface area contributed by atoms with Gasteiger partial charge in [0.1, 0.15) is 0 Å². The topological polar surface area (TPSA) is 80.6 Å². The molecule has 146 valence electrons. The normalized spacial score (nSPS) is 20.2. The van der Waals surface area contributed by atoms with Crippen LogP contribution in [0.3, 0.4) is 0 Å². The van der Waals surface area contributed by atoms with Gasteiger partial charge in [0.2, 0.25) is 0 Å². The molecule has 0 saturated carbocycles. The summed E-state index contributed by atoms with van der Waals surface area (Å²) in [6.07, 6.45) is 1.00. The van der Waals surface area contributed by atoms with Crippen molar-refractivity contribution in [2.75, 3.05) is 25.0 Å². The third-order valence-corrected chi connectivity index (χ3v) is 5.41. The smallest absolute Gasteiger partial charge is 0.338 e. The number of pyridine rings is 1. The average molecular weight is 381 g/mol. The highest BCUT2D eigenvalue weighted by molar-refractivity contribution is 5.92. The summed E-state index contributed by atoms with van der Waals surface area (Å²) < 4.78 is 6.81. The minimum Gasteiger partial charge on any atom is -0.462 e. The predicted molar refractivity (Wildman–Crippen MR) is 105 cm³/mol. The first-order valence-electron chi connectivity index (χ1n) is 9.58. The van der Waals surface area contributed by atoms with Crippen LogP contribution in [0.4, 0.5) is 10.5 Å². The van der Waals surface area contributed by atoms with Crippen LogP contribution in [-0.4, -0.2) is 41.2 Å². The number of piperidine rings is 1. The summed E-state index contributed by atoms with van der Waals surface area (Å²) in [5.41, 5.74) is 2.13. The fourth-order valence-electron chi connectivity index (χ4n) is 4.17. The van der Waals surface area contributed by atoms with Crippen LogP contribution >= 0.6 is 0 Å². The van der Waals surface area contributed by atoms with Crippen LogP contribution in [0.1, 0.15) is 35.3 Å². The Kier molecular flexibility index (Phi) is 4.90. The highest BCUT2D eigenvalue weighted by atomic mass is 16.5. The summed E-state index contributed by atoms with van der Waals surface area (Å²) in [4.78, 5) is 38.4. The zero-order chi connectivity index (χ0) is 19.7. The van der Waals surface area contributed by atoms with Crippen molar-refractivity contribution >= 4 is 17.7 Å². The van der Waals surface area contributed by atoms with E-state index in [9.17, 15) is 14.4 Å². The molecule has 2 aromatic rings. The third-order valence-electron chi connectivity index (χ3n) is 5.41. The molecule has 7 heteroatoms. The van der Waals surface area contributed by atoms with Gasteiger partial charge >= 0.3 is 12.0 Å². The summed E-state index contributed by atoms with van der Waals surface area (Å²) >= 11 is 0. The number of amides is 2. The number of hydrogen-bond acceptors (Lipinski definition) is 4. The molecule has 1 N–H and O–H groups in total. The fourth-order valence-corrected chi connectivity index (χ4v) is 4.17. The van der Waals surface area contributed by atoms with E-state index >= 15 is 0 Å². The Morgan fingerprint density at radius 1 is 1.11 bits per heavy atom. The molecular weight excluding hydrogens is 358 g/mol. The highest BCUT2D eigenvalue weighted by Gasteiger charge is 2.36. The van der Waals surface area contributed by atoms with E-state index in [1.165, 1.54) is 0 Å². The molecule has 3 heterocycles. The number of fused-ring (bicyclic) bond motifs is 4. The van der Waals surface area contributed by atoms with Crippen LogP contribution in [0, 0.1) is 5.92 Å². The largest absolute Gasteiger partial charge is 0.462 e. The minimum atomic E-state index is -0.377. The molecule has 0 spiro atoms.